The Balaban J connectivity index is 1.90. The normalized spacial score (nSPS) is 17.5. The third-order valence-corrected chi connectivity index (χ3v) is 3.60. The van der Waals surface area contributed by atoms with E-state index in [0.717, 1.165) is 43.5 Å². The predicted octanol–water partition coefficient (Wildman–Crippen LogP) is 3.48. The summed E-state index contributed by atoms with van der Waals surface area (Å²) in [4.78, 5) is 5.91. The molecule has 0 unspecified atom stereocenters. The molecule has 7 heteroatoms. The summed E-state index contributed by atoms with van der Waals surface area (Å²) in [5.74, 6) is 0.594. The van der Waals surface area contributed by atoms with E-state index >= 15 is 0 Å². The minimum Gasteiger partial charge on any atom is -0.377 e. The minimum absolute atomic E-state index is 0.234. The Bertz CT molecular complexity index is 417. The van der Waals surface area contributed by atoms with Crippen LogP contribution in [-0.4, -0.2) is 36.1 Å². The van der Waals surface area contributed by atoms with Gasteiger partial charge >= 0.3 is 6.18 Å². The van der Waals surface area contributed by atoms with Gasteiger partial charge < -0.3 is 9.64 Å². The molecule has 0 aromatic carbocycles. The van der Waals surface area contributed by atoms with E-state index in [2.05, 4.69) is 20.9 Å². The van der Waals surface area contributed by atoms with Gasteiger partial charge in [0.2, 0.25) is 0 Å². The lowest BCUT2D eigenvalue weighted by atomic mass is 10.1. The third kappa shape index (κ3) is 4.09. The van der Waals surface area contributed by atoms with Crippen molar-refractivity contribution in [3.05, 3.63) is 23.9 Å². The van der Waals surface area contributed by atoms with Crippen LogP contribution in [0.25, 0.3) is 0 Å². The predicted molar refractivity (Wildman–Crippen MR) is 74.2 cm³/mol. The van der Waals surface area contributed by atoms with Gasteiger partial charge in [-0.3, -0.25) is 0 Å². The van der Waals surface area contributed by atoms with Crippen LogP contribution < -0.4 is 4.90 Å². The van der Waals surface area contributed by atoms with Gasteiger partial charge in [0.05, 0.1) is 18.3 Å². The van der Waals surface area contributed by atoms with Gasteiger partial charge in [0, 0.05) is 24.6 Å². The molecule has 0 spiro atoms. The molecule has 0 saturated carbocycles. The number of rotatable bonds is 4. The Morgan fingerprint density at radius 2 is 2.00 bits per heavy atom. The first-order valence-electron chi connectivity index (χ1n) is 6.46. The third-order valence-electron chi connectivity index (χ3n) is 3.27. The van der Waals surface area contributed by atoms with Gasteiger partial charge in [-0.05, 0) is 25.0 Å². The summed E-state index contributed by atoms with van der Waals surface area (Å²) in [5.41, 5.74) is -0.711. The number of aromatic nitrogens is 1. The van der Waals surface area contributed by atoms with Crippen LogP contribution in [0.4, 0.5) is 19.0 Å². The summed E-state index contributed by atoms with van der Waals surface area (Å²) in [7, 11) is 0. The van der Waals surface area contributed by atoms with Gasteiger partial charge in [-0.2, -0.15) is 13.2 Å². The quantitative estimate of drug-likeness (QED) is 0.775. The second-order valence-corrected chi connectivity index (χ2v) is 5.44. The summed E-state index contributed by atoms with van der Waals surface area (Å²) >= 11 is 3.31. The summed E-state index contributed by atoms with van der Waals surface area (Å²) in [6.07, 6.45) is -1.46. The maximum absolute atomic E-state index is 12.5. The first-order valence-corrected chi connectivity index (χ1v) is 7.58. The minimum atomic E-state index is -4.33. The van der Waals surface area contributed by atoms with Crippen LogP contribution >= 0.6 is 15.9 Å². The number of anilines is 1. The summed E-state index contributed by atoms with van der Waals surface area (Å²) in [6, 6.07) is 2.51. The van der Waals surface area contributed by atoms with Crippen LogP contribution in [-0.2, 0) is 10.9 Å². The monoisotopic (exact) mass is 352 g/mol. The number of ether oxygens (including phenoxy) is 1. The van der Waals surface area contributed by atoms with E-state index < -0.39 is 11.7 Å². The van der Waals surface area contributed by atoms with Gasteiger partial charge in [0.1, 0.15) is 5.82 Å². The molecule has 112 valence electrons. The molecule has 0 atom stereocenters. The average Bonchev–Trinajstić information content (AvgIpc) is 2.45. The lowest BCUT2D eigenvalue weighted by molar-refractivity contribution is -0.137. The zero-order chi connectivity index (χ0) is 14.6. The van der Waals surface area contributed by atoms with Crippen molar-refractivity contribution in [2.75, 3.05) is 29.9 Å². The van der Waals surface area contributed by atoms with E-state index in [-0.39, 0.29) is 6.10 Å². The molecule has 1 aliphatic rings. The van der Waals surface area contributed by atoms with Gasteiger partial charge in [-0.1, -0.05) is 15.9 Å². The fourth-order valence-corrected chi connectivity index (χ4v) is 2.39. The lowest BCUT2D eigenvalue weighted by Crippen LogP contribution is -2.37. The highest BCUT2D eigenvalue weighted by Crippen LogP contribution is 2.29. The molecule has 2 heterocycles. The molecule has 0 N–H and O–H groups in total. The molecule has 0 aliphatic carbocycles. The van der Waals surface area contributed by atoms with E-state index in [1.54, 1.807) is 0 Å². The number of pyridine rings is 1. The van der Waals surface area contributed by atoms with E-state index in [9.17, 15) is 13.2 Å². The fourth-order valence-electron chi connectivity index (χ4n) is 2.20. The van der Waals surface area contributed by atoms with Crippen LogP contribution in [0.2, 0.25) is 0 Å². The van der Waals surface area contributed by atoms with Crippen LogP contribution in [0, 0.1) is 0 Å². The van der Waals surface area contributed by atoms with Crippen molar-refractivity contribution in [1.82, 2.24) is 4.98 Å². The van der Waals surface area contributed by atoms with Crippen molar-refractivity contribution in [2.45, 2.75) is 25.1 Å². The molecular weight excluding hydrogens is 337 g/mol. The zero-order valence-corrected chi connectivity index (χ0v) is 12.5. The first kappa shape index (κ1) is 15.6. The van der Waals surface area contributed by atoms with Crippen LogP contribution in [0.5, 0.6) is 0 Å². The molecule has 20 heavy (non-hydrogen) atoms. The average molecular weight is 353 g/mol. The topological polar surface area (TPSA) is 25.4 Å². The van der Waals surface area contributed by atoms with E-state index in [4.69, 9.17) is 4.74 Å². The smallest absolute Gasteiger partial charge is 0.377 e. The Morgan fingerprint density at radius 1 is 1.30 bits per heavy atom. The Hall–Kier alpha value is -0.820. The highest BCUT2D eigenvalue weighted by atomic mass is 79.9. The standard InChI is InChI=1S/C13H16BrF3N2O/c14-5-8-20-11-3-6-19(7-4-11)12-2-1-10(9-18-12)13(15,16)17/h1-2,9,11H,3-8H2. The molecule has 1 aromatic heterocycles. The maximum Gasteiger partial charge on any atom is 0.417 e. The van der Waals surface area contributed by atoms with E-state index in [1.807, 2.05) is 4.90 Å². The molecule has 3 nitrogen and oxygen atoms in total. The number of piperidine rings is 1. The zero-order valence-electron chi connectivity index (χ0n) is 10.9. The number of halogens is 4. The van der Waals surface area contributed by atoms with Crippen LogP contribution in [0.1, 0.15) is 18.4 Å². The Morgan fingerprint density at radius 3 is 2.50 bits per heavy atom. The van der Waals surface area contributed by atoms with E-state index in [0.29, 0.717) is 12.4 Å². The van der Waals surface area contributed by atoms with Crippen LogP contribution in [0.3, 0.4) is 0 Å². The van der Waals surface area contributed by atoms with Crippen molar-refractivity contribution in [3.8, 4) is 0 Å². The maximum atomic E-state index is 12.5. The lowest BCUT2D eigenvalue weighted by Gasteiger charge is -2.32. The summed E-state index contributed by atoms with van der Waals surface area (Å²) in [5, 5.41) is 0.813. The summed E-state index contributed by atoms with van der Waals surface area (Å²) < 4.78 is 43.0. The van der Waals surface area contributed by atoms with Crippen LogP contribution in [0.15, 0.2) is 18.3 Å². The van der Waals surface area contributed by atoms with Crippen molar-refractivity contribution in [3.63, 3.8) is 0 Å². The molecular formula is C13H16BrF3N2O. The highest BCUT2D eigenvalue weighted by molar-refractivity contribution is 9.09. The van der Waals surface area contributed by atoms with Crippen molar-refractivity contribution in [1.29, 1.82) is 0 Å². The highest BCUT2D eigenvalue weighted by Gasteiger charge is 2.31. The Kier molecular flexibility index (Phi) is 5.26. The number of hydrogen-bond donors (Lipinski definition) is 0. The largest absolute Gasteiger partial charge is 0.417 e. The van der Waals surface area contributed by atoms with Gasteiger partial charge in [0.15, 0.2) is 0 Å². The van der Waals surface area contributed by atoms with Gasteiger partial charge in [-0.15, -0.1) is 0 Å². The molecule has 1 saturated heterocycles. The van der Waals surface area contributed by atoms with Crippen molar-refractivity contribution in [2.24, 2.45) is 0 Å². The number of nitrogens with zero attached hydrogens (tertiary/aromatic N) is 2. The molecule has 0 amide bonds. The number of hydrogen-bond acceptors (Lipinski definition) is 3. The second-order valence-electron chi connectivity index (χ2n) is 4.65. The van der Waals surface area contributed by atoms with Crippen molar-refractivity contribution < 1.29 is 17.9 Å². The second kappa shape index (κ2) is 6.76. The molecule has 2 rings (SSSR count). The molecule has 1 fully saturated rings. The first-order chi connectivity index (χ1) is 9.50. The molecule has 1 aliphatic heterocycles. The van der Waals surface area contributed by atoms with Crippen molar-refractivity contribution >= 4 is 21.7 Å². The number of alkyl halides is 4. The fraction of sp³-hybridized carbons (Fsp3) is 0.615. The SMILES string of the molecule is FC(F)(F)c1ccc(N2CCC(OCCBr)CC2)nc1. The molecule has 1 aromatic rings. The van der Waals surface area contributed by atoms with Gasteiger partial charge in [0.25, 0.3) is 0 Å². The molecule has 0 bridgehead atoms. The molecule has 0 radical (unpaired) electrons. The summed E-state index contributed by atoms with van der Waals surface area (Å²) in [6.45, 7) is 2.19. The van der Waals surface area contributed by atoms with E-state index in [1.165, 1.54) is 6.07 Å². The Labute approximate surface area is 124 Å². The van der Waals surface area contributed by atoms with Gasteiger partial charge in [-0.25, -0.2) is 4.98 Å².